The van der Waals surface area contributed by atoms with E-state index in [4.69, 9.17) is 0 Å². The second kappa shape index (κ2) is 8.56. The molecule has 0 atom stereocenters. The average Bonchev–Trinajstić information content (AvgIpc) is 3.10. The monoisotopic (exact) mass is 495 g/mol. The SMILES string of the molecule is O=C(Nc1ccc2c(c1)NC(=O)C2(C(F)(F)F)C(F)(F)F)c1cccnc1NCc1ccncc1. The molecule has 3 N–H and O–H groups in total. The minimum atomic E-state index is -5.93. The molecule has 4 rings (SSSR count). The molecule has 1 aliphatic heterocycles. The van der Waals surface area contributed by atoms with Crippen LogP contribution in [0.1, 0.15) is 21.5 Å². The number of carbonyl (C=O) groups excluding carboxylic acids is 2. The molecule has 0 unspecified atom stereocenters. The summed E-state index contributed by atoms with van der Waals surface area (Å²) in [6, 6.07) is 8.64. The van der Waals surface area contributed by atoms with E-state index in [1.54, 1.807) is 29.8 Å². The molecular weight excluding hydrogens is 480 g/mol. The number of amides is 2. The van der Waals surface area contributed by atoms with Crippen LogP contribution in [0, 0.1) is 0 Å². The first-order valence-corrected chi connectivity index (χ1v) is 9.93. The summed E-state index contributed by atoms with van der Waals surface area (Å²) in [5.74, 6) is -2.78. The minimum Gasteiger partial charge on any atom is -0.365 e. The minimum absolute atomic E-state index is 0.0750. The summed E-state index contributed by atoms with van der Waals surface area (Å²) in [5.41, 5.74) is -5.90. The van der Waals surface area contributed by atoms with Gasteiger partial charge in [-0.05, 0) is 42.0 Å². The molecule has 0 spiro atoms. The Kier molecular flexibility index (Phi) is 5.87. The molecule has 0 aliphatic carbocycles. The maximum absolute atomic E-state index is 13.5. The molecule has 1 aromatic carbocycles. The van der Waals surface area contributed by atoms with Crippen molar-refractivity contribution in [3.8, 4) is 0 Å². The van der Waals surface area contributed by atoms with E-state index in [0.29, 0.717) is 12.6 Å². The standard InChI is InChI=1S/C22H15F6N5O2/c23-21(24,25)20(22(26,27)28)15-4-3-13(10-16(15)33-19(20)35)32-18(34)14-2-1-7-30-17(14)31-11-12-5-8-29-9-6-12/h1-10H,11H2,(H,30,31)(H,32,34)(H,33,35). The van der Waals surface area contributed by atoms with Gasteiger partial charge < -0.3 is 16.0 Å². The predicted molar refractivity (Wildman–Crippen MR) is 113 cm³/mol. The Morgan fingerprint density at radius 1 is 0.971 bits per heavy atom. The molecule has 2 aromatic heterocycles. The lowest BCUT2D eigenvalue weighted by Gasteiger charge is -2.31. The third kappa shape index (κ3) is 4.13. The Bertz CT molecular complexity index is 1260. The molecular formula is C22H15F6N5O2. The van der Waals surface area contributed by atoms with Gasteiger partial charge in [0.15, 0.2) is 0 Å². The summed E-state index contributed by atoms with van der Waals surface area (Å²) >= 11 is 0. The maximum Gasteiger partial charge on any atom is 0.416 e. The largest absolute Gasteiger partial charge is 0.416 e. The van der Waals surface area contributed by atoms with Crippen LogP contribution in [-0.4, -0.2) is 34.1 Å². The summed E-state index contributed by atoms with van der Waals surface area (Å²) in [7, 11) is 0. The zero-order chi connectivity index (χ0) is 25.4. The van der Waals surface area contributed by atoms with Crippen LogP contribution in [0.2, 0.25) is 0 Å². The van der Waals surface area contributed by atoms with Gasteiger partial charge in [-0.1, -0.05) is 6.07 Å². The van der Waals surface area contributed by atoms with Crippen LogP contribution < -0.4 is 16.0 Å². The second-order valence-electron chi connectivity index (χ2n) is 7.52. The summed E-state index contributed by atoms with van der Waals surface area (Å²) in [5, 5.41) is 7.03. The zero-order valence-electron chi connectivity index (χ0n) is 17.5. The number of benzene rings is 1. The van der Waals surface area contributed by atoms with Crippen LogP contribution >= 0.6 is 0 Å². The molecule has 182 valence electrons. The first-order chi connectivity index (χ1) is 16.4. The number of pyridine rings is 2. The van der Waals surface area contributed by atoms with E-state index < -0.39 is 40.8 Å². The number of hydrogen-bond acceptors (Lipinski definition) is 5. The molecule has 2 amide bonds. The summed E-state index contributed by atoms with van der Waals surface area (Å²) < 4.78 is 81.3. The molecule has 0 saturated heterocycles. The Labute approximate surface area is 193 Å². The fourth-order valence-corrected chi connectivity index (χ4v) is 3.73. The number of halogens is 6. The predicted octanol–water partition coefficient (Wildman–Crippen LogP) is 4.66. The van der Waals surface area contributed by atoms with Gasteiger partial charge in [-0.3, -0.25) is 14.6 Å². The van der Waals surface area contributed by atoms with E-state index in [0.717, 1.165) is 17.7 Å². The van der Waals surface area contributed by atoms with Crippen molar-refractivity contribution in [3.05, 3.63) is 77.7 Å². The summed E-state index contributed by atoms with van der Waals surface area (Å²) in [6.45, 7) is 0.307. The van der Waals surface area contributed by atoms with E-state index in [1.807, 2.05) is 0 Å². The molecule has 3 heterocycles. The lowest BCUT2D eigenvalue weighted by molar-refractivity contribution is -0.288. The lowest BCUT2D eigenvalue weighted by Crippen LogP contribution is -2.58. The van der Waals surface area contributed by atoms with Gasteiger partial charge in [-0.2, -0.15) is 26.3 Å². The lowest BCUT2D eigenvalue weighted by atomic mass is 9.80. The van der Waals surface area contributed by atoms with Crippen molar-refractivity contribution in [1.29, 1.82) is 0 Å². The van der Waals surface area contributed by atoms with Crippen molar-refractivity contribution in [2.45, 2.75) is 24.3 Å². The van der Waals surface area contributed by atoms with Gasteiger partial charge in [0.05, 0.1) is 5.56 Å². The number of alkyl halides is 6. The van der Waals surface area contributed by atoms with E-state index in [9.17, 15) is 35.9 Å². The first-order valence-electron chi connectivity index (χ1n) is 9.93. The third-order valence-corrected chi connectivity index (χ3v) is 5.38. The maximum atomic E-state index is 13.5. The fraction of sp³-hybridized carbons (Fsp3) is 0.182. The van der Waals surface area contributed by atoms with Crippen LogP contribution in [0.5, 0.6) is 0 Å². The Balaban J connectivity index is 1.59. The van der Waals surface area contributed by atoms with Gasteiger partial charge in [0, 0.05) is 42.1 Å². The molecule has 1 aliphatic rings. The Morgan fingerprint density at radius 2 is 1.66 bits per heavy atom. The number of fused-ring (bicyclic) bond motifs is 1. The number of nitrogens with one attached hydrogen (secondary N) is 3. The van der Waals surface area contributed by atoms with Gasteiger partial charge in [0.25, 0.3) is 17.2 Å². The normalized spacial score (nSPS) is 14.7. The van der Waals surface area contributed by atoms with Crippen LogP contribution in [0.3, 0.4) is 0 Å². The molecule has 0 radical (unpaired) electrons. The molecule has 35 heavy (non-hydrogen) atoms. The first kappa shape index (κ1) is 24.0. The average molecular weight is 495 g/mol. The zero-order valence-corrected chi connectivity index (χ0v) is 17.5. The molecule has 13 heteroatoms. The highest BCUT2D eigenvalue weighted by molar-refractivity contribution is 6.10. The number of anilines is 3. The number of hydrogen-bond donors (Lipinski definition) is 3. The van der Waals surface area contributed by atoms with E-state index in [2.05, 4.69) is 20.6 Å². The highest BCUT2D eigenvalue weighted by Gasteiger charge is 2.78. The summed E-state index contributed by atoms with van der Waals surface area (Å²) in [6.07, 6.45) is -7.26. The van der Waals surface area contributed by atoms with Crippen LogP contribution in [0.15, 0.2) is 61.1 Å². The van der Waals surface area contributed by atoms with Crippen molar-refractivity contribution in [2.24, 2.45) is 0 Å². The van der Waals surface area contributed by atoms with Gasteiger partial charge in [0.2, 0.25) is 0 Å². The summed E-state index contributed by atoms with van der Waals surface area (Å²) in [4.78, 5) is 32.8. The quantitative estimate of drug-likeness (QED) is 0.448. The van der Waals surface area contributed by atoms with Crippen LogP contribution in [0.25, 0.3) is 0 Å². The van der Waals surface area contributed by atoms with Crippen molar-refractivity contribution in [2.75, 3.05) is 16.0 Å². The second-order valence-corrected chi connectivity index (χ2v) is 7.52. The smallest absolute Gasteiger partial charge is 0.365 e. The third-order valence-electron chi connectivity index (χ3n) is 5.38. The number of nitrogens with zero attached hydrogens (tertiary/aromatic N) is 2. The number of carbonyl (C=O) groups is 2. The molecule has 0 fully saturated rings. The van der Waals surface area contributed by atoms with Gasteiger partial charge >= 0.3 is 12.4 Å². The fourth-order valence-electron chi connectivity index (χ4n) is 3.73. The van der Waals surface area contributed by atoms with Gasteiger partial charge in [-0.15, -0.1) is 0 Å². The molecule has 3 aromatic rings. The molecule has 7 nitrogen and oxygen atoms in total. The number of aromatic nitrogens is 2. The van der Waals surface area contributed by atoms with E-state index >= 15 is 0 Å². The van der Waals surface area contributed by atoms with E-state index in [1.165, 1.54) is 18.3 Å². The van der Waals surface area contributed by atoms with Gasteiger partial charge in [0.1, 0.15) is 5.82 Å². The van der Waals surface area contributed by atoms with Crippen molar-refractivity contribution in [3.63, 3.8) is 0 Å². The highest BCUT2D eigenvalue weighted by Crippen LogP contribution is 2.57. The van der Waals surface area contributed by atoms with Crippen molar-refractivity contribution >= 4 is 29.0 Å². The molecule has 0 bridgehead atoms. The Morgan fingerprint density at radius 3 is 2.31 bits per heavy atom. The van der Waals surface area contributed by atoms with Gasteiger partial charge in [-0.25, -0.2) is 4.98 Å². The van der Waals surface area contributed by atoms with Crippen LogP contribution in [-0.2, 0) is 16.8 Å². The highest BCUT2D eigenvalue weighted by atomic mass is 19.4. The van der Waals surface area contributed by atoms with Crippen molar-refractivity contribution in [1.82, 2.24) is 9.97 Å². The Hall–Kier alpha value is -4.16. The van der Waals surface area contributed by atoms with Crippen molar-refractivity contribution < 1.29 is 35.9 Å². The van der Waals surface area contributed by atoms with Crippen LogP contribution in [0.4, 0.5) is 43.5 Å². The molecule has 0 saturated carbocycles. The number of rotatable bonds is 5. The topological polar surface area (TPSA) is 96.0 Å². The van der Waals surface area contributed by atoms with E-state index in [-0.39, 0.29) is 17.1 Å².